The number of nitrogens with two attached hydrogens (primary N) is 2. The van der Waals surface area contributed by atoms with Gasteiger partial charge in [-0.3, -0.25) is 0 Å². The van der Waals surface area contributed by atoms with Crippen LogP contribution >= 0.6 is 15.9 Å². The Hall–Kier alpha value is -1.10. The van der Waals surface area contributed by atoms with Crippen molar-refractivity contribution in [1.29, 1.82) is 0 Å². The van der Waals surface area contributed by atoms with E-state index in [9.17, 15) is 4.39 Å². The predicted molar refractivity (Wildman–Crippen MR) is 58.3 cm³/mol. The van der Waals surface area contributed by atoms with Gasteiger partial charge in [-0.1, -0.05) is 22.0 Å². The lowest BCUT2D eigenvalue weighted by molar-refractivity contribution is 0.624. The summed E-state index contributed by atoms with van der Waals surface area (Å²) in [5.74, 6) is -0.272. The highest BCUT2D eigenvalue weighted by Crippen LogP contribution is 2.26. The van der Waals surface area contributed by atoms with Gasteiger partial charge in [-0.15, -0.1) is 0 Å². The Morgan fingerprint density at radius 3 is 2.64 bits per heavy atom. The summed E-state index contributed by atoms with van der Waals surface area (Å²) in [6.07, 6.45) is 0. The van der Waals surface area contributed by atoms with Crippen LogP contribution in [0.25, 0.3) is 0 Å². The standard InChI is InChI=1S/C9H11BrFN3/c1-5(14-9(12)13)7-3-2-6(11)4-8(7)10/h2-5H,1H3,(H4,12,13,14)/t5-/m1/s1. The Labute approximate surface area is 90.1 Å². The highest BCUT2D eigenvalue weighted by Gasteiger charge is 2.08. The third-order valence-corrected chi connectivity index (χ3v) is 2.44. The maximum Gasteiger partial charge on any atom is 0.186 e. The molecule has 1 rings (SSSR count). The molecular weight excluding hydrogens is 249 g/mol. The summed E-state index contributed by atoms with van der Waals surface area (Å²) in [6, 6.07) is 4.22. The minimum Gasteiger partial charge on any atom is -0.370 e. The zero-order chi connectivity index (χ0) is 10.7. The quantitative estimate of drug-likeness (QED) is 0.630. The Kier molecular flexibility index (Phi) is 3.46. The maximum absolute atomic E-state index is 12.8. The second-order valence-electron chi connectivity index (χ2n) is 2.90. The molecule has 4 N–H and O–H groups in total. The topological polar surface area (TPSA) is 64.4 Å². The largest absolute Gasteiger partial charge is 0.370 e. The summed E-state index contributed by atoms with van der Waals surface area (Å²) in [4.78, 5) is 3.96. The van der Waals surface area contributed by atoms with Gasteiger partial charge in [0.05, 0.1) is 6.04 Å². The summed E-state index contributed by atoms with van der Waals surface area (Å²) in [7, 11) is 0. The van der Waals surface area contributed by atoms with Gasteiger partial charge in [-0.2, -0.15) is 0 Å². The van der Waals surface area contributed by atoms with E-state index in [1.165, 1.54) is 12.1 Å². The van der Waals surface area contributed by atoms with Gasteiger partial charge in [-0.25, -0.2) is 9.38 Å². The van der Waals surface area contributed by atoms with Crippen molar-refractivity contribution in [3.8, 4) is 0 Å². The van der Waals surface area contributed by atoms with Crippen molar-refractivity contribution in [2.24, 2.45) is 16.5 Å². The maximum atomic E-state index is 12.8. The lowest BCUT2D eigenvalue weighted by Crippen LogP contribution is -2.23. The molecule has 0 radical (unpaired) electrons. The summed E-state index contributed by atoms with van der Waals surface area (Å²) in [5, 5.41) is 0. The van der Waals surface area contributed by atoms with Gasteiger partial charge in [0.2, 0.25) is 0 Å². The van der Waals surface area contributed by atoms with Gasteiger partial charge < -0.3 is 11.5 Å². The zero-order valence-corrected chi connectivity index (χ0v) is 9.25. The van der Waals surface area contributed by atoms with Gasteiger partial charge in [0.25, 0.3) is 0 Å². The molecule has 14 heavy (non-hydrogen) atoms. The predicted octanol–water partition coefficient (Wildman–Crippen LogP) is 1.92. The number of guanidine groups is 1. The number of hydrogen-bond donors (Lipinski definition) is 2. The number of aliphatic imine (C=N–C) groups is 1. The van der Waals surface area contributed by atoms with Gasteiger partial charge >= 0.3 is 0 Å². The molecule has 0 spiro atoms. The average molecular weight is 260 g/mol. The third kappa shape index (κ3) is 2.70. The molecule has 0 aliphatic carbocycles. The van der Waals surface area contributed by atoms with Crippen LogP contribution in [-0.4, -0.2) is 5.96 Å². The molecule has 0 unspecified atom stereocenters. The SMILES string of the molecule is C[C@@H](N=C(N)N)c1ccc(F)cc1Br. The number of halogens is 2. The fourth-order valence-corrected chi connectivity index (χ4v) is 1.82. The lowest BCUT2D eigenvalue weighted by atomic mass is 10.1. The Morgan fingerprint density at radius 2 is 2.14 bits per heavy atom. The van der Waals surface area contributed by atoms with Crippen LogP contribution in [0.2, 0.25) is 0 Å². The van der Waals surface area contributed by atoms with Crippen LogP contribution in [-0.2, 0) is 0 Å². The molecule has 0 saturated heterocycles. The van der Waals surface area contributed by atoms with E-state index in [-0.39, 0.29) is 17.8 Å². The van der Waals surface area contributed by atoms with E-state index in [2.05, 4.69) is 20.9 Å². The van der Waals surface area contributed by atoms with Gasteiger partial charge in [0, 0.05) is 4.47 Å². The number of nitrogens with zero attached hydrogens (tertiary/aromatic N) is 1. The molecule has 0 aromatic heterocycles. The molecule has 1 aromatic rings. The van der Waals surface area contributed by atoms with E-state index in [0.29, 0.717) is 4.47 Å². The first-order valence-electron chi connectivity index (χ1n) is 4.04. The van der Waals surface area contributed by atoms with Crippen LogP contribution in [0.4, 0.5) is 4.39 Å². The third-order valence-electron chi connectivity index (χ3n) is 1.76. The first kappa shape index (κ1) is 11.0. The highest BCUT2D eigenvalue weighted by atomic mass is 79.9. The lowest BCUT2D eigenvalue weighted by Gasteiger charge is -2.09. The van der Waals surface area contributed by atoms with E-state index < -0.39 is 0 Å². The summed E-state index contributed by atoms with van der Waals surface area (Å²) in [5.41, 5.74) is 11.3. The molecule has 3 nitrogen and oxygen atoms in total. The van der Waals surface area contributed by atoms with E-state index in [0.717, 1.165) is 5.56 Å². The van der Waals surface area contributed by atoms with Crippen molar-refractivity contribution in [2.75, 3.05) is 0 Å². The Bertz CT molecular complexity index is 361. The molecule has 0 aliphatic heterocycles. The van der Waals surface area contributed by atoms with Crippen molar-refractivity contribution in [3.05, 3.63) is 34.1 Å². The Balaban J connectivity index is 3.02. The minimum absolute atomic E-state index is 0.0220. The van der Waals surface area contributed by atoms with Crippen LogP contribution < -0.4 is 11.5 Å². The monoisotopic (exact) mass is 259 g/mol. The van der Waals surface area contributed by atoms with E-state index in [1.54, 1.807) is 6.07 Å². The van der Waals surface area contributed by atoms with Crippen molar-refractivity contribution in [2.45, 2.75) is 13.0 Å². The molecule has 0 heterocycles. The smallest absolute Gasteiger partial charge is 0.186 e. The fourth-order valence-electron chi connectivity index (χ4n) is 1.13. The molecule has 0 bridgehead atoms. The minimum atomic E-state index is -0.294. The zero-order valence-electron chi connectivity index (χ0n) is 7.67. The van der Waals surface area contributed by atoms with Crippen LogP contribution in [0.3, 0.4) is 0 Å². The normalized spacial score (nSPS) is 12.2. The molecule has 1 aromatic carbocycles. The van der Waals surface area contributed by atoms with Gasteiger partial charge in [-0.05, 0) is 24.6 Å². The number of rotatable bonds is 2. The molecule has 0 amide bonds. The molecule has 76 valence electrons. The molecular formula is C9H11BrFN3. The average Bonchev–Trinajstić information content (AvgIpc) is 2.01. The van der Waals surface area contributed by atoms with Crippen LogP contribution in [0.15, 0.2) is 27.7 Å². The van der Waals surface area contributed by atoms with Crippen molar-refractivity contribution < 1.29 is 4.39 Å². The molecule has 1 atom stereocenters. The molecule has 5 heteroatoms. The van der Waals surface area contributed by atoms with Gasteiger partial charge in [0.1, 0.15) is 5.82 Å². The summed E-state index contributed by atoms with van der Waals surface area (Å²) < 4.78 is 13.4. The number of benzene rings is 1. The second-order valence-corrected chi connectivity index (χ2v) is 3.75. The summed E-state index contributed by atoms with van der Waals surface area (Å²) in [6.45, 7) is 1.83. The van der Waals surface area contributed by atoms with Crippen molar-refractivity contribution in [1.82, 2.24) is 0 Å². The van der Waals surface area contributed by atoms with E-state index in [4.69, 9.17) is 11.5 Å². The van der Waals surface area contributed by atoms with Gasteiger partial charge in [0.15, 0.2) is 5.96 Å². The highest BCUT2D eigenvalue weighted by molar-refractivity contribution is 9.10. The van der Waals surface area contributed by atoms with Crippen LogP contribution in [0.5, 0.6) is 0 Å². The Morgan fingerprint density at radius 1 is 1.50 bits per heavy atom. The first-order chi connectivity index (χ1) is 6.50. The first-order valence-corrected chi connectivity index (χ1v) is 4.83. The molecule has 0 fully saturated rings. The van der Waals surface area contributed by atoms with Crippen LogP contribution in [0, 0.1) is 5.82 Å². The van der Waals surface area contributed by atoms with E-state index >= 15 is 0 Å². The molecule has 0 saturated carbocycles. The van der Waals surface area contributed by atoms with Crippen LogP contribution in [0.1, 0.15) is 18.5 Å². The number of hydrogen-bond acceptors (Lipinski definition) is 1. The van der Waals surface area contributed by atoms with Crippen molar-refractivity contribution >= 4 is 21.9 Å². The molecule has 0 aliphatic rings. The second kappa shape index (κ2) is 4.41. The van der Waals surface area contributed by atoms with Crippen molar-refractivity contribution in [3.63, 3.8) is 0 Å². The van der Waals surface area contributed by atoms with E-state index in [1.807, 2.05) is 6.92 Å². The summed E-state index contributed by atoms with van der Waals surface area (Å²) >= 11 is 3.25. The fraction of sp³-hybridized carbons (Fsp3) is 0.222.